The van der Waals surface area contributed by atoms with E-state index in [0.717, 1.165) is 25.9 Å². The monoisotopic (exact) mass is 293 g/mol. The molecule has 0 aliphatic rings. The van der Waals surface area contributed by atoms with Crippen LogP contribution in [0.1, 0.15) is 53.4 Å². The van der Waals surface area contributed by atoms with E-state index in [1.807, 2.05) is 0 Å². The van der Waals surface area contributed by atoms with Crippen LogP contribution in [0, 0.1) is 0 Å². The summed E-state index contributed by atoms with van der Waals surface area (Å²) in [6.07, 6.45) is 3.62. The van der Waals surface area contributed by atoms with E-state index in [2.05, 4.69) is 32.6 Å². The van der Waals surface area contributed by atoms with Gasteiger partial charge in [-0.2, -0.15) is 0 Å². The van der Waals surface area contributed by atoms with Crippen molar-refractivity contribution in [1.29, 1.82) is 0 Å². The van der Waals surface area contributed by atoms with Crippen LogP contribution in [0.5, 0.6) is 0 Å². The van der Waals surface area contributed by atoms with E-state index in [1.165, 1.54) is 6.26 Å². The molecule has 0 amide bonds. The predicted octanol–water partition coefficient (Wildman–Crippen LogP) is 2.07. The Hall–Kier alpha value is -0.130. The van der Waals surface area contributed by atoms with Crippen LogP contribution in [-0.2, 0) is 9.84 Å². The molecule has 0 saturated carbocycles. The minimum atomic E-state index is -2.93. The van der Waals surface area contributed by atoms with Gasteiger partial charge in [0.25, 0.3) is 0 Å². The fraction of sp³-hybridized carbons (Fsp3) is 1.00. The highest BCUT2D eigenvalue weighted by Gasteiger charge is 2.38. The van der Waals surface area contributed by atoms with E-state index in [-0.39, 0.29) is 11.3 Å². The first-order valence-corrected chi connectivity index (χ1v) is 9.44. The zero-order valence-corrected chi connectivity index (χ0v) is 14.0. The molecule has 0 heterocycles. The Morgan fingerprint density at radius 3 is 1.89 bits per heavy atom. The van der Waals surface area contributed by atoms with Gasteiger partial charge >= 0.3 is 0 Å². The molecule has 1 unspecified atom stereocenters. The van der Waals surface area contributed by atoms with Crippen LogP contribution in [0.3, 0.4) is 0 Å². The minimum Gasteiger partial charge on any atom is -0.391 e. The molecule has 0 aromatic rings. The van der Waals surface area contributed by atoms with E-state index < -0.39 is 15.9 Å². The van der Waals surface area contributed by atoms with E-state index in [4.69, 9.17) is 0 Å². The summed E-state index contributed by atoms with van der Waals surface area (Å²) in [5, 5.41) is 10.6. The largest absolute Gasteiger partial charge is 0.391 e. The lowest BCUT2D eigenvalue weighted by atomic mass is 9.82. The van der Waals surface area contributed by atoms with Crippen LogP contribution >= 0.6 is 0 Å². The molecule has 1 atom stereocenters. The van der Waals surface area contributed by atoms with Crippen molar-refractivity contribution in [3.05, 3.63) is 0 Å². The highest BCUT2D eigenvalue weighted by atomic mass is 32.2. The van der Waals surface area contributed by atoms with Gasteiger partial charge < -0.3 is 5.11 Å². The van der Waals surface area contributed by atoms with Gasteiger partial charge in [0.15, 0.2) is 0 Å². The maximum absolute atomic E-state index is 11.2. The topological polar surface area (TPSA) is 57.6 Å². The molecule has 0 aromatic heterocycles. The van der Waals surface area contributed by atoms with Crippen LogP contribution < -0.4 is 0 Å². The van der Waals surface area contributed by atoms with Crippen molar-refractivity contribution in [3.8, 4) is 0 Å². The Balaban J connectivity index is 4.78. The van der Waals surface area contributed by atoms with Gasteiger partial charge in [0, 0.05) is 17.5 Å². The van der Waals surface area contributed by atoms with Gasteiger partial charge in [-0.05, 0) is 38.8 Å². The zero-order chi connectivity index (χ0) is 15.1. The van der Waals surface area contributed by atoms with Crippen molar-refractivity contribution in [3.63, 3.8) is 0 Å². The van der Waals surface area contributed by atoms with E-state index in [0.29, 0.717) is 12.8 Å². The molecule has 0 fully saturated rings. The summed E-state index contributed by atoms with van der Waals surface area (Å²) < 4.78 is 22.3. The van der Waals surface area contributed by atoms with Crippen molar-refractivity contribution >= 4 is 9.84 Å². The third-order valence-corrected chi connectivity index (χ3v) is 5.26. The second-order valence-electron chi connectivity index (χ2n) is 5.27. The fourth-order valence-corrected chi connectivity index (χ4v) is 3.73. The van der Waals surface area contributed by atoms with Crippen LogP contribution in [0.4, 0.5) is 0 Å². The number of rotatable bonds is 10. The molecule has 0 aliphatic carbocycles. The highest BCUT2D eigenvalue weighted by molar-refractivity contribution is 7.90. The summed E-state index contributed by atoms with van der Waals surface area (Å²) in [4.78, 5) is 2.30. The maximum atomic E-state index is 11.2. The van der Waals surface area contributed by atoms with Crippen LogP contribution in [0.25, 0.3) is 0 Å². The molecule has 0 rings (SSSR count). The number of likely N-dealkylation sites (N-methyl/N-ethyl adjacent to an activating group) is 1. The maximum Gasteiger partial charge on any atom is 0.147 e. The van der Waals surface area contributed by atoms with Crippen molar-refractivity contribution in [2.45, 2.75) is 65.0 Å². The molecule has 0 radical (unpaired) electrons. The normalized spacial score (nSPS) is 14.9. The quantitative estimate of drug-likeness (QED) is 0.670. The van der Waals surface area contributed by atoms with Gasteiger partial charge in [0.2, 0.25) is 0 Å². The number of hydrogen-bond acceptors (Lipinski definition) is 4. The SMILES string of the molecule is CCN(CC)C(CC)(CC)C(O)CCCS(C)(=O)=O. The molecule has 0 spiro atoms. The van der Waals surface area contributed by atoms with Gasteiger partial charge in [-0.1, -0.05) is 27.7 Å². The predicted molar refractivity (Wildman–Crippen MR) is 81.2 cm³/mol. The lowest BCUT2D eigenvalue weighted by Crippen LogP contribution is -2.56. The number of nitrogens with zero attached hydrogens (tertiary/aromatic N) is 1. The Labute approximate surface area is 119 Å². The number of aliphatic hydroxyl groups excluding tert-OH is 1. The molecular weight excluding hydrogens is 262 g/mol. The Bertz CT molecular complexity index is 333. The van der Waals surface area contributed by atoms with Crippen molar-refractivity contribution < 1.29 is 13.5 Å². The smallest absolute Gasteiger partial charge is 0.147 e. The minimum absolute atomic E-state index is 0.159. The second-order valence-corrected chi connectivity index (χ2v) is 7.53. The summed E-state index contributed by atoms with van der Waals surface area (Å²) >= 11 is 0. The first-order chi connectivity index (χ1) is 8.77. The van der Waals surface area contributed by atoms with E-state index >= 15 is 0 Å². The molecule has 1 N–H and O–H groups in total. The van der Waals surface area contributed by atoms with Crippen molar-refractivity contribution in [2.75, 3.05) is 25.1 Å². The first-order valence-electron chi connectivity index (χ1n) is 7.38. The van der Waals surface area contributed by atoms with Crippen LogP contribution in [-0.4, -0.2) is 55.2 Å². The average molecular weight is 293 g/mol. The third-order valence-electron chi connectivity index (χ3n) is 4.23. The van der Waals surface area contributed by atoms with Crippen LogP contribution in [0.2, 0.25) is 0 Å². The summed E-state index contributed by atoms with van der Waals surface area (Å²) in [5.74, 6) is 0.159. The lowest BCUT2D eigenvalue weighted by molar-refractivity contribution is -0.0385. The van der Waals surface area contributed by atoms with Crippen LogP contribution in [0.15, 0.2) is 0 Å². The molecule has 0 saturated heterocycles. The number of sulfone groups is 1. The first kappa shape index (κ1) is 18.9. The van der Waals surface area contributed by atoms with Crippen molar-refractivity contribution in [2.24, 2.45) is 0 Å². The molecule has 0 aromatic carbocycles. The second kappa shape index (κ2) is 8.22. The van der Waals surface area contributed by atoms with Gasteiger partial charge in [-0.25, -0.2) is 8.42 Å². The highest BCUT2D eigenvalue weighted by Crippen LogP contribution is 2.30. The molecule has 4 nitrogen and oxygen atoms in total. The lowest BCUT2D eigenvalue weighted by Gasteiger charge is -2.46. The fourth-order valence-electron chi connectivity index (χ4n) is 3.04. The summed E-state index contributed by atoms with van der Waals surface area (Å²) in [6, 6.07) is 0. The molecular formula is C14H31NO3S. The molecule has 5 heteroatoms. The summed E-state index contributed by atoms with van der Waals surface area (Å²) in [7, 11) is -2.93. The molecule has 19 heavy (non-hydrogen) atoms. The zero-order valence-electron chi connectivity index (χ0n) is 13.1. The average Bonchev–Trinajstić information content (AvgIpc) is 2.34. The molecule has 116 valence electrons. The number of hydrogen-bond donors (Lipinski definition) is 1. The molecule has 0 bridgehead atoms. The van der Waals surface area contributed by atoms with Crippen molar-refractivity contribution in [1.82, 2.24) is 4.90 Å². The van der Waals surface area contributed by atoms with Gasteiger partial charge in [-0.3, -0.25) is 4.90 Å². The Morgan fingerprint density at radius 2 is 1.58 bits per heavy atom. The third kappa shape index (κ3) is 5.40. The van der Waals surface area contributed by atoms with E-state index in [1.54, 1.807) is 0 Å². The van der Waals surface area contributed by atoms with Gasteiger partial charge in [0.05, 0.1) is 6.10 Å². The molecule has 0 aliphatic heterocycles. The Morgan fingerprint density at radius 1 is 1.11 bits per heavy atom. The number of aliphatic hydroxyl groups is 1. The summed E-state index contributed by atoms with van der Waals surface area (Å²) in [5.41, 5.74) is -0.221. The Kier molecular flexibility index (Phi) is 8.17. The van der Waals surface area contributed by atoms with E-state index in [9.17, 15) is 13.5 Å². The summed E-state index contributed by atoms with van der Waals surface area (Å²) in [6.45, 7) is 10.2. The standard InChI is InChI=1S/C14H31NO3S/c1-6-14(7-2,15(8-3)9-4)13(16)11-10-12-19(5,17)18/h13,16H,6-12H2,1-5H3. The van der Waals surface area contributed by atoms with Gasteiger partial charge in [0.1, 0.15) is 9.84 Å². The van der Waals surface area contributed by atoms with Gasteiger partial charge in [-0.15, -0.1) is 0 Å².